The average Bonchev–Trinajstić information content (AvgIpc) is 2.84. The number of nitrogens with zero attached hydrogens (tertiary/aromatic N) is 1. The third-order valence-corrected chi connectivity index (χ3v) is 5.84. The Morgan fingerprint density at radius 3 is 2.42 bits per heavy atom. The van der Waals surface area contributed by atoms with Crippen molar-refractivity contribution in [3.63, 3.8) is 0 Å². The van der Waals surface area contributed by atoms with Crippen molar-refractivity contribution in [2.75, 3.05) is 20.2 Å². The zero-order valence-corrected chi connectivity index (χ0v) is 12.6. The molecular weight excluding hydrogens is 262 g/mol. The van der Waals surface area contributed by atoms with Crippen molar-refractivity contribution in [1.82, 2.24) is 4.31 Å². The normalized spacial score (nSPS) is 22.1. The van der Waals surface area contributed by atoms with Gasteiger partial charge >= 0.3 is 0 Å². The molecule has 0 radical (unpaired) electrons. The zero-order valence-electron chi connectivity index (χ0n) is 11.8. The van der Waals surface area contributed by atoms with Gasteiger partial charge in [0.2, 0.25) is 10.0 Å². The standard InChI is InChI=1S/C14H21NO3S/c1-11-6-7-13(18-3)10-12(2)14(11)19(16,17)15-8-4-5-9-15/h7,10H,4-6,8-9H2,1-3H3. The largest absolute Gasteiger partial charge is 0.497 e. The quantitative estimate of drug-likeness (QED) is 0.799. The van der Waals surface area contributed by atoms with Crippen LogP contribution in [0.3, 0.4) is 0 Å². The minimum Gasteiger partial charge on any atom is -0.497 e. The van der Waals surface area contributed by atoms with Crippen LogP contribution in [0.5, 0.6) is 0 Å². The summed E-state index contributed by atoms with van der Waals surface area (Å²) < 4.78 is 32.3. The van der Waals surface area contributed by atoms with Crippen LogP contribution in [-0.4, -0.2) is 32.9 Å². The van der Waals surface area contributed by atoms with Crippen molar-refractivity contribution in [2.24, 2.45) is 0 Å². The summed E-state index contributed by atoms with van der Waals surface area (Å²) in [5.74, 6) is 0.725. The Bertz CT molecular complexity index is 549. The summed E-state index contributed by atoms with van der Waals surface area (Å²) in [5, 5.41) is 0. The van der Waals surface area contributed by atoms with Gasteiger partial charge in [-0.1, -0.05) is 0 Å². The van der Waals surface area contributed by atoms with Crippen molar-refractivity contribution < 1.29 is 13.2 Å². The summed E-state index contributed by atoms with van der Waals surface area (Å²) in [5.41, 5.74) is 1.64. The number of ether oxygens (including phenoxy) is 1. The number of sulfonamides is 1. The lowest BCUT2D eigenvalue weighted by Gasteiger charge is -2.20. The minimum atomic E-state index is -3.36. The maximum atomic E-state index is 12.7. The first kappa shape index (κ1) is 14.3. The molecule has 0 aromatic rings. The fourth-order valence-corrected chi connectivity index (χ4v) is 4.63. The van der Waals surface area contributed by atoms with E-state index in [1.807, 2.05) is 19.9 Å². The monoisotopic (exact) mass is 283 g/mol. The van der Waals surface area contributed by atoms with Gasteiger partial charge in [-0.2, -0.15) is 4.31 Å². The smallest absolute Gasteiger partial charge is 0.243 e. The third-order valence-electron chi connectivity index (χ3n) is 3.61. The second kappa shape index (κ2) is 5.51. The van der Waals surface area contributed by atoms with E-state index in [9.17, 15) is 8.42 Å². The lowest BCUT2D eigenvalue weighted by atomic mass is 10.1. The van der Waals surface area contributed by atoms with Crippen molar-refractivity contribution in [3.05, 3.63) is 34.0 Å². The molecule has 0 N–H and O–H groups in total. The molecular formula is C14H21NO3S. The molecule has 1 aliphatic carbocycles. The molecule has 106 valence electrons. The summed E-state index contributed by atoms with van der Waals surface area (Å²) in [6.45, 7) is 4.99. The van der Waals surface area contributed by atoms with Gasteiger partial charge in [-0.25, -0.2) is 8.42 Å². The number of allylic oxidation sites excluding steroid dienone is 4. The molecule has 0 aromatic heterocycles. The van der Waals surface area contributed by atoms with Gasteiger partial charge in [0.15, 0.2) is 0 Å². The van der Waals surface area contributed by atoms with E-state index < -0.39 is 10.0 Å². The van der Waals surface area contributed by atoms with E-state index in [0.29, 0.717) is 24.4 Å². The Labute approximate surface area is 115 Å². The van der Waals surface area contributed by atoms with Crippen molar-refractivity contribution in [1.29, 1.82) is 0 Å². The average molecular weight is 283 g/mol. The van der Waals surface area contributed by atoms with Crippen molar-refractivity contribution in [3.8, 4) is 0 Å². The molecule has 0 saturated carbocycles. The number of rotatable bonds is 3. The SMILES string of the molecule is COC1=CCC(C)=C(S(=O)(=O)N2CCCC2)C(C)=C1. The zero-order chi connectivity index (χ0) is 14.0. The highest BCUT2D eigenvalue weighted by atomic mass is 32.2. The predicted molar refractivity (Wildman–Crippen MR) is 75.9 cm³/mol. The summed E-state index contributed by atoms with van der Waals surface area (Å²) in [7, 11) is -1.76. The second-order valence-electron chi connectivity index (χ2n) is 5.06. The highest BCUT2D eigenvalue weighted by molar-refractivity contribution is 7.93. The molecule has 1 saturated heterocycles. The lowest BCUT2D eigenvalue weighted by molar-refractivity contribution is 0.305. The van der Waals surface area contributed by atoms with Crippen LogP contribution < -0.4 is 0 Å². The van der Waals surface area contributed by atoms with Crippen LogP contribution in [0.1, 0.15) is 33.1 Å². The molecule has 0 spiro atoms. The molecule has 1 fully saturated rings. The van der Waals surface area contributed by atoms with E-state index in [0.717, 1.165) is 29.7 Å². The first-order valence-corrected chi connectivity index (χ1v) is 8.03. The topological polar surface area (TPSA) is 46.6 Å². The van der Waals surface area contributed by atoms with Gasteiger partial charge in [0.05, 0.1) is 12.0 Å². The molecule has 1 heterocycles. The van der Waals surface area contributed by atoms with Gasteiger partial charge in [-0.15, -0.1) is 0 Å². The molecule has 0 amide bonds. The van der Waals surface area contributed by atoms with Gasteiger partial charge in [-0.05, 0) is 56.4 Å². The molecule has 5 heteroatoms. The summed E-state index contributed by atoms with van der Waals surface area (Å²) in [6, 6.07) is 0. The molecule has 1 aliphatic heterocycles. The van der Waals surface area contributed by atoms with E-state index >= 15 is 0 Å². The van der Waals surface area contributed by atoms with Crippen LogP contribution in [0.25, 0.3) is 0 Å². The van der Waals surface area contributed by atoms with E-state index in [2.05, 4.69) is 0 Å². The van der Waals surface area contributed by atoms with E-state index in [1.54, 1.807) is 17.5 Å². The Kier molecular flexibility index (Phi) is 4.16. The van der Waals surface area contributed by atoms with Gasteiger partial charge < -0.3 is 4.74 Å². The van der Waals surface area contributed by atoms with Crippen LogP contribution in [0.4, 0.5) is 0 Å². The maximum absolute atomic E-state index is 12.7. The van der Waals surface area contributed by atoms with Crippen LogP contribution in [0.2, 0.25) is 0 Å². The predicted octanol–water partition coefficient (Wildman–Crippen LogP) is 2.57. The van der Waals surface area contributed by atoms with E-state index in [4.69, 9.17) is 4.74 Å². The van der Waals surface area contributed by atoms with E-state index in [-0.39, 0.29) is 0 Å². The Morgan fingerprint density at radius 2 is 1.84 bits per heavy atom. The first-order valence-electron chi connectivity index (χ1n) is 6.59. The summed E-state index contributed by atoms with van der Waals surface area (Å²) >= 11 is 0. The fourth-order valence-electron chi connectivity index (χ4n) is 2.64. The van der Waals surface area contributed by atoms with Gasteiger partial charge in [0.25, 0.3) is 0 Å². The van der Waals surface area contributed by atoms with Gasteiger partial charge in [0.1, 0.15) is 5.76 Å². The minimum absolute atomic E-state index is 0.470. The third kappa shape index (κ3) is 2.77. The van der Waals surface area contributed by atoms with Crippen LogP contribution in [-0.2, 0) is 14.8 Å². The molecule has 2 rings (SSSR count). The highest BCUT2D eigenvalue weighted by Gasteiger charge is 2.31. The maximum Gasteiger partial charge on any atom is 0.243 e. The summed E-state index contributed by atoms with van der Waals surface area (Å²) in [4.78, 5) is 0.470. The summed E-state index contributed by atoms with van der Waals surface area (Å²) in [6.07, 6.45) is 6.25. The Hall–Kier alpha value is -1.07. The molecule has 0 unspecified atom stereocenters. The molecule has 0 aromatic carbocycles. The fraction of sp³-hybridized carbons (Fsp3) is 0.571. The number of hydrogen-bond acceptors (Lipinski definition) is 3. The molecule has 19 heavy (non-hydrogen) atoms. The Morgan fingerprint density at radius 1 is 1.21 bits per heavy atom. The highest BCUT2D eigenvalue weighted by Crippen LogP contribution is 2.31. The second-order valence-corrected chi connectivity index (χ2v) is 6.94. The van der Waals surface area contributed by atoms with Gasteiger partial charge in [-0.3, -0.25) is 0 Å². The van der Waals surface area contributed by atoms with Crippen LogP contribution >= 0.6 is 0 Å². The van der Waals surface area contributed by atoms with Gasteiger partial charge in [0, 0.05) is 13.1 Å². The lowest BCUT2D eigenvalue weighted by Crippen LogP contribution is -2.30. The van der Waals surface area contributed by atoms with Crippen LogP contribution in [0, 0.1) is 0 Å². The Balaban J connectivity index is 2.43. The number of methoxy groups -OCH3 is 1. The number of hydrogen-bond donors (Lipinski definition) is 0. The van der Waals surface area contributed by atoms with Crippen LogP contribution in [0.15, 0.2) is 34.0 Å². The molecule has 0 bridgehead atoms. The molecule has 0 atom stereocenters. The molecule has 4 nitrogen and oxygen atoms in total. The first-order chi connectivity index (χ1) is 8.96. The van der Waals surface area contributed by atoms with Crippen molar-refractivity contribution in [2.45, 2.75) is 33.1 Å². The van der Waals surface area contributed by atoms with Crippen molar-refractivity contribution >= 4 is 10.0 Å². The molecule has 2 aliphatic rings. The van der Waals surface area contributed by atoms with E-state index in [1.165, 1.54) is 0 Å².